The van der Waals surface area contributed by atoms with E-state index >= 15 is 0 Å². The van der Waals surface area contributed by atoms with Crippen molar-refractivity contribution in [2.24, 2.45) is 10.8 Å². The molecule has 2 atom stereocenters. The maximum Gasteiger partial charge on any atom is 0.142 e. The number of piperazine rings is 1. The van der Waals surface area contributed by atoms with Crippen LogP contribution in [0.4, 0.5) is 5.69 Å². The summed E-state index contributed by atoms with van der Waals surface area (Å²) < 4.78 is 6.04. The summed E-state index contributed by atoms with van der Waals surface area (Å²) in [6, 6.07) is 8.50. The Bertz CT molecular complexity index is 718. The number of ether oxygens (including phenoxy) is 1. The molecule has 0 spiro atoms. The van der Waals surface area contributed by atoms with Gasteiger partial charge in [0.25, 0.3) is 0 Å². The first-order valence-corrected chi connectivity index (χ1v) is 12.0. The molecule has 3 aliphatic rings. The lowest BCUT2D eigenvalue weighted by Gasteiger charge is -2.41. The number of para-hydroxylation sites is 2. The van der Waals surface area contributed by atoms with E-state index < -0.39 is 0 Å². The highest BCUT2D eigenvalue weighted by Crippen LogP contribution is 2.53. The number of hydrogen-bond acceptors (Lipinski definition) is 4. The summed E-state index contributed by atoms with van der Waals surface area (Å²) in [6.45, 7) is 18.7. The minimum Gasteiger partial charge on any atom is -0.489 e. The first-order chi connectivity index (χ1) is 14.4. The Morgan fingerprint density at radius 2 is 1.47 bits per heavy atom. The SMILES string of the molecule is CC(C)Oc1ccccc1N1CCN(CCCN2CC3(C)CC=CCC3(C)C2)CC1. The molecule has 4 rings (SSSR count). The van der Waals surface area contributed by atoms with E-state index in [-0.39, 0.29) is 6.10 Å². The number of allylic oxidation sites excluding steroid dienone is 2. The number of hydrogen-bond donors (Lipinski definition) is 0. The van der Waals surface area contributed by atoms with Crippen molar-refractivity contribution in [3.63, 3.8) is 0 Å². The van der Waals surface area contributed by atoms with Gasteiger partial charge in [0.2, 0.25) is 0 Å². The van der Waals surface area contributed by atoms with Crippen LogP contribution in [-0.2, 0) is 0 Å². The summed E-state index contributed by atoms with van der Waals surface area (Å²) in [7, 11) is 0. The maximum absolute atomic E-state index is 6.04. The number of benzene rings is 1. The van der Waals surface area contributed by atoms with Gasteiger partial charge in [0.1, 0.15) is 5.75 Å². The van der Waals surface area contributed by atoms with Crippen LogP contribution in [0.25, 0.3) is 0 Å². The molecule has 4 nitrogen and oxygen atoms in total. The molecule has 2 unspecified atom stereocenters. The molecule has 0 N–H and O–H groups in total. The van der Waals surface area contributed by atoms with Crippen LogP contribution in [0.15, 0.2) is 36.4 Å². The number of nitrogens with zero attached hydrogens (tertiary/aromatic N) is 3. The fourth-order valence-corrected chi connectivity index (χ4v) is 5.69. The summed E-state index contributed by atoms with van der Waals surface area (Å²) in [5.41, 5.74) is 2.19. The van der Waals surface area contributed by atoms with E-state index in [1.54, 1.807) is 0 Å². The third-order valence-corrected chi connectivity index (χ3v) is 7.80. The van der Waals surface area contributed by atoms with E-state index in [0.717, 1.165) is 31.9 Å². The molecule has 1 aromatic rings. The normalized spacial score (nSPS) is 30.1. The average molecular weight is 412 g/mol. The van der Waals surface area contributed by atoms with Crippen molar-refractivity contribution in [1.29, 1.82) is 0 Å². The monoisotopic (exact) mass is 411 g/mol. The smallest absolute Gasteiger partial charge is 0.142 e. The van der Waals surface area contributed by atoms with Crippen LogP contribution in [0.5, 0.6) is 5.75 Å². The van der Waals surface area contributed by atoms with Crippen molar-refractivity contribution < 1.29 is 4.74 Å². The Morgan fingerprint density at radius 3 is 2.10 bits per heavy atom. The van der Waals surface area contributed by atoms with Crippen molar-refractivity contribution in [2.75, 3.05) is 57.3 Å². The highest BCUT2D eigenvalue weighted by Gasteiger charge is 2.51. The highest BCUT2D eigenvalue weighted by molar-refractivity contribution is 5.58. The Hall–Kier alpha value is -1.52. The number of rotatable bonds is 7. The molecule has 2 aliphatic heterocycles. The van der Waals surface area contributed by atoms with Crippen molar-refractivity contribution in [3.8, 4) is 5.75 Å². The van der Waals surface area contributed by atoms with Gasteiger partial charge in [-0.1, -0.05) is 38.1 Å². The van der Waals surface area contributed by atoms with Crippen LogP contribution in [-0.4, -0.2) is 68.3 Å². The number of likely N-dealkylation sites (tertiary alicyclic amines) is 1. The second-order valence-electron chi connectivity index (χ2n) is 10.5. The van der Waals surface area contributed by atoms with E-state index in [1.807, 2.05) is 0 Å². The molecule has 1 aromatic carbocycles. The Labute approximate surface area is 183 Å². The third kappa shape index (κ3) is 4.55. The second kappa shape index (κ2) is 8.92. The van der Waals surface area contributed by atoms with Gasteiger partial charge in [-0.3, -0.25) is 4.90 Å². The van der Waals surface area contributed by atoms with Gasteiger partial charge in [-0.25, -0.2) is 0 Å². The van der Waals surface area contributed by atoms with E-state index in [0.29, 0.717) is 10.8 Å². The molecule has 0 saturated carbocycles. The van der Waals surface area contributed by atoms with Gasteiger partial charge in [0.05, 0.1) is 11.8 Å². The Kier molecular flexibility index (Phi) is 6.45. The van der Waals surface area contributed by atoms with Gasteiger partial charge in [-0.05, 0) is 69.2 Å². The van der Waals surface area contributed by atoms with Gasteiger partial charge in [0.15, 0.2) is 0 Å². The van der Waals surface area contributed by atoms with Crippen molar-refractivity contribution in [2.45, 2.75) is 53.1 Å². The van der Waals surface area contributed by atoms with Crippen molar-refractivity contribution in [1.82, 2.24) is 9.80 Å². The maximum atomic E-state index is 6.04. The molecule has 30 heavy (non-hydrogen) atoms. The van der Waals surface area contributed by atoms with Gasteiger partial charge >= 0.3 is 0 Å². The molecule has 0 amide bonds. The molecule has 1 aliphatic carbocycles. The van der Waals surface area contributed by atoms with Crippen molar-refractivity contribution in [3.05, 3.63) is 36.4 Å². The minimum atomic E-state index is 0.210. The van der Waals surface area contributed by atoms with Crippen LogP contribution in [0, 0.1) is 10.8 Å². The summed E-state index contributed by atoms with van der Waals surface area (Å²) >= 11 is 0. The van der Waals surface area contributed by atoms with E-state index in [2.05, 4.69) is 78.8 Å². The summed E-state index contributed by atoms with van der Waals surface area (Å²) in [5, 5.41) is 0. The van der Waals surface area contributed by atoms with Crippen LogP contribution >= 0.6 is 0 Å². The van der Waals surface area contributed by atoms with Gasteiger partial charge in [-0.15, -0.1) is 0 Å². The van der Waals surface area contributed by atoms with Crippen molar-refractivity contribution >= 4 is 5.69 Å². The summed E-state index contributed by atoms with van der Waals surface area (Å²) in [4.78, 5) is 7.88. The topological polar surface area (TPSA) is 19.0 Å². The van der Waals surface area contributed by atoms with Crippen LogP contribution in [0.1, 0.15) is 47.0 Å². The van der Waals surface area contributed by atoms with Gasteiger partial charge in [0, 0.05) is 39.3 Å². The predicted molar refractivity (Wildman–Crippen MR) is 127 cm³/mol. The Balaban J connectivity index is 1.22. The molecule has 0 aromatic heterocycles. The van der Waals surface area contributed by atoms with E-state index in [4.69, 9.17) is 4.74 Å². The van der Waals surface area contributed by atoms with E-state index in [1.165, 1.54) is 51.1 Å². The van der Waals surface area contributed by atoms with Crippen LogP contribution in [0.2, 0.25) is 0 Å². The van der Waals surface area contributed by atoms with Crippen LogP contribution < -0.4 is 9.64 Å². The standard InChI is InChI=1S/C26H41N3O/c1-22(2)30-24-11-6-5-10-23(24)29-18-16-27(17-19-29)14-9-15-28-20-25(3)12-7-8-13-26(25,4)21-28/h5-8,10-11,22H,9,12-21H2,1-4H3. The molecule has 2 heterocycles. The number of fused-ring (bicyclic) bond motifs is 1. The molecule has 0 radical (unpaired) electrons. The molecule has 4 heteroatoms. The first-order valence-electron chi connectivity index (χ1n) is 12.0. The lowest BCUT2D eigenvalue weighted by molar-refractivity contribution is 0.131. The quantitative estimate of drug-likeness (QED) is 0.607. The zero-order valence-corrected chi connectivity index (χ0v) is 19.6. The van der Waals surface area contributed by atoms with E-state index in [9.17, 15) is 0 Å². The lowest BCUT2D eigenvalue weighted by atomic mass is 9.62. The van der Waals surface area contributed by atoms with Gasteiger partial charge < -0.3 is 14.5 Å². The highest BCUT2D eigenvalue weighted by atomic mass is 16.5. The Morgan fingerprint density at radius 1 is 0.867 bits per heavy atom. The molecule has 2 saturated heterocycles. The largest absolute Gasteiger partial charge is 0.489 e. The molecule has 166 valence electrons. The van der Waals surface area contributed by atoms with Gasteiger partial charge in [-0.2, -0.15) is 0 Å². The minimum absolute atomic E-state index is 0.210. The third-order valence-electron chi connectivity index (χ3n) is 7.80. The zero-order chi connectivity index (χ0) is 21.2. The summed E-state index contributed by atoms with van der Waals surface area (Å²) in [5.74, 6) is 1.02. The second-order valence-corrected chi connectivity index (χ2v) is 10.5. The first kappa shape index (κ1) is 21.7. The molecular formula is C26H41N3O. The zero-order valence-electron chi connectivity index (χ0n) is 19.6. The molecule has 0 bridgehead atoms. The lowest BCUT2D eigenvalue weighted by Crippen LogP contribution is -2.47. The fraction of sp³-hybridized carbons (Fsp3) is 0.692. The fourth-order valence-electron chi connectivity index (χ4n) is 5.69. The average Bonchev–Trinajstić information content (AvgIpc) is 2.99. The molecular weight excluding hydrogens is 370 g/mol. The predicted octanol–water partition coefficient (Wildman–Crippen LogP) is 4.66. The summed E-state index contributed by atoms with van der Waals surface area (Å²) in [6.07, 6.45) is 8.83. The molecule has 2 fully saturated rings. The van der Waals surface area contributed by atoms with Crippen LogP contribution in [0.3, 0.4) is 0 Å². The number of anilines is 1.